The van der Waals surface area contributed by atoms with Gasteiger partial charge in [0.15, 0.2) is 12.4 Å². The molecule has 0 aliphatic rings. The second-order valence-corrected chi connectivity index (χ2v) is 17.7. The van der Waals surface area contributed by atoms with Crippen molar-refractivity contribution in [2.75, 3.05) is 47.5 Å². The van der Waals surface area contributed by atoms with Gasteiger partial charge in [0.05, 0.1) is 40.3 Å². The van der Waals surface area contributed by atoms with Gasteiger partial charge in [0.2, 0.25) is 0 Å². The lowest BCUT2D eigenvalue weighted by Gasteiger charge is -2.26. The van der Waals surface area contributed by atoms with Crippen molar-refractivity contribution in [3.63, 3.8) is 0 Å². The number of unbranched alkanes of at least 4 members (excludes halogenated alkanes) is 10. The zero-order valence-electron chi connectivity index (χ0n) is 42.7. The normalized spacial score (nSPS) is 13.9. The van der Waals surface area contributed by atoms with Crippen LogP contribution in [0.4, 0.5) is 0 Å². The number of ether oxygens (including phenoxy) is 4. The molecule has 0 aromatic rings. The minimum Gasteiger partial charge on any atom is -0.545 e. The van der Waals surface area contributed by atoms with E-state index < -0.39 is 30.3 Å². The topological polar surface area (TPSA) is 111 Å². The van der Waals surface area contributed by atoms with Crippen LogP contribution >= 0.6 is 0 Å². The van der Waals surface area contributed by atoms with E-state index in [4.69, 9.17) is 18.9 Å². The zero-order valence-corrected chi connectivity index (χ0v) is 42.7. The van der Waals surface area contributed by atoms with E-state index in [1.54, 1.807) is 0 Å². The Balaban J connectivity index is 4.44. The molecule has 0 fully saturated rings. The van der Waals surface area contributed by atoms with E-state index in [2.05, 4.69) is 135 Å². The quantitative estimate of drug-likeness (QED) is 0.0195. The van der Waals surface area contributed by atoms with Gasteiger partial charge < -0.3 is 33.3 Å². The van der Waals surface area contributed by atoms with E-state index in [0.29, 0.717) is 23.9 Å². The summed E-state index contributed by atoms with van der Waals surface area (Å²) in [5.41, 5.74) is 0. The molecule has 0 rings (SSSR count). The third-order valence-electron chi connectivity index (χ3n) is 10.2. The Labute approximate surface area is 408 Å². The number of hydrogen-bond donors (Lipinski definition) is 0. The van der Waals surface area contributed by atoms with Crippen LogP contribution in [-0.4, -0.2) is 82.3 Å². The first kappa shape index (κ1) is 62.7. The van der Waals surface area contributed by atoms with E-state index >= 15 is 0 Å². The van der Waals surface area contributed by atoms with Crippen LogP contribution in [0.5, 0.6) is 0 Å². The van der Waals surface area contributed by atoms with Crippen LogP contribution in [0.25, 0.3) is 0 Å². The predicted molar refractivity (Wildman–Crippen MR) is 278 cm³/mol. The SMILES string of the molecule is CC/C=C\C/C=C\C/C=C\C/C=C\C/C=C\C/C=C\CCCCCCCCC(=O)OC(COC(=O)CCCCCC/C=C\C/C=C\C/C=C\C/C=C\CC)COC(OCC[N+](C)(C)C)C(=O)[O-]. The summed E-state index contributed by atoms with van der Waals surface area (Å²) in [4.78, 5) is 37.2. The number of carboxylic acids is 1. The molecule has 2 atom stereocenters. The van der Waals surface area contributed by atoms with Crippen LogP contribution in [0.3, 0.4) is 0 Å². The number of quaternary nitrogens is 1. The molecule has 0 aliphatic carbocycles. The van der Waals surface area contributed by atoms with Crippen molar-refractivity contribution >= 4 is 17.9 Å². The molecule has 0 N–H and O–H groups in total. The molecular weight excluding hydrogens is 839 g/mol. The summed E-state index contributed by atoms with van der Waals surface area (Å²) in [6.07, 6.45) is 63.7. The molecular formula is C58H93NO8. The molecule has 9 nitrogen and oxygen atoms in total. The van der Waals surface area contributed by atoms with Crippen LogP contribution in [0, 0.1) is 0 Å². The highest BCUT2D eigenvalue weighted by molar-refractivity contribution is 5.70. The molecule has 9 heteroatoms. The molecule has 0 saturated carbocycles. The van der Waals surface area contributed by atoms with E-state index in [0.717, 1.165) is 128 Å². The van der Waals surface area contributed by atoms with E-state index in [-0.39, 0.29) is 32.7 Å². The molecule has 0 amide bonds. The van der Waals surface area contributed by atoms with Gasteiger partial charge in [-0.15, -0.1) is 0 Å². The summed E-state index contributed by atoms with van der Waals surface area (Å²) in [6, 6.07) is 0. The van der Waals surface area contributed by atoms with E-state index in [1.165, 1.54) is 0 Å². The smallest absolute Gasteiger partial charge is 0.306 e. The minimum absolute atomic E-state index is 0.132. The number of rotatable bonds is 45. The maximum absolute atomic E-state index is 12.8. The highest BCUT2D eigenvalue weighted by Gasteiger charge is 2.21. The summed E-state index contributed by atoms with van der Waals surface area (Å²) in [7, 11) is 5.89. The Kier molecular flexibility index (Phi) is 45.1. The number of allylic oxidation sites excluding steroid dienone is 20. The molecule has 0 radical (unpaired) electrons. The van der Waals surface area contributed by atoms with Gasteiger partial charge in [0, 0.05) is 12.8 Å². The fraction of sp³-hybridized carbons (Fsp3) is 0.603. The summed E-state index contributed by atoms with van der Waals surface area (Å²) >= 11 is 0. The number of esters is 2. The number of carboxylic acid groups (broad SMARTS) is 1. The minimum atomic E-state index is -1.64. The van der Waals surface area contributed by atoms with Gasteiger partial charge in [-0.2, -0.15) is 0 Å². The maximum Gasteiger partial charge on any atom is 0.306 e. The van der Waals surface area contributed by atoms with Crippen molar-refractivity contribution in [2.24, 2.45) is 0 Å². The lowest BCUT2D eigenvalue weighted by atomic mass is 10.1. The van der Waals surface area contributed by atoms with Gasteiger partial charge in [-0.05, 0) is 103 Å². The maximum atomic E-state index is 12.8. The zero-order chi connectivity index (χ0) is 49.2. The average Bonchev–Trinajstić information content (AvgIpc) is 3.29. The molecule has 0 aromatic carbocycles. The Morgan fingerprint density at radius 3 is 1.19 bits per heavy atom. The summed E-state index contributed by atoms with van der Waals surface area (Å²) in [5, 5.41) is 11.7. The molecule has 0 bridgehead atoms. The second kappa shape index (κ2) is 48.2. The van der Waals surface area contributed by atoms with Crippen LogP contribution < -0.4 is 5.11 Å². The number of hydrogen-bond acceptors (Lipinski definition) is 8. The molecule has 0 spiro atoms. The van der Waals surface area contributed by atoms with Crippen molar-refractivity contribution in [3.8, 4) is 0 Å². The molecule has 0 heterocycles. The number of carbonyl (C=O) groups is 3. The van der Waals surface area contributed by atoms with Gasteiger partial charge >= 0.3 is 11.9 Å². The van der Waals surface area contributed by atoms with E-state index in [1.807, 2.05) is 21.1 Å². The van der Waals surface area contributed by atoms with Crippen LogP contribution in [0.2, 0.25) is 0 Å². The van der Waals surface area contributed by atoms with Crippen molar-refractivity contribution in [3.05, 3.63) is 122 Å². The predicted octanol–water partition coefficient (Wildman–Crippen LogP) is 13.2. The van der Waals surface area contributed by atoms with Crippen LogP contribution in [0.15, 0.2) is 122 Å². The first-order chi connectivity index (χ1) is 32.6. The average molecular weight is 932 g/mol. The van der Waals surface area contributed by atoms with Gasteiger partial charge in [-0.25, -0.2) is 0 Å². The molecule has 0 aromatic heterocycles. The van der Waals surface area contributed by atoms with Gasteiger partial charge in [-0.1, -0.05) is 174 Å². The first-order valence-corrected chi connectivity index (χ1v) is 25.7. The van der Waals surface area contributed by atoms with Crippen LogP contribution in [0.1, 0.15) is 168 Å². The fourth-order valence-electron chi connectivity index (χ4n) is 6.29. The summed E-state index contributed by atoms with van der Waals surface area (Å²) in [6.45, 7) is 4.44. The monoisotopic (exact) mass is 932 g/mol. The van der Waals surface area contributed by atoms with Crippen molar-refractivity contribution in [2.45, 2.75) is 180 Å². The fourth-order valence-corrected chi connectivity index (χ4v) is 6.29. The third-order valence-corrected chi connectivity index (χ3v) is 10.2. The largest absolute Gasteiger partial charge is 0.545 e. The standard InChI is InChI=1S/C58H93NO8/c1-6-8-10-12-14-16-18-20-22-24-25-26-27-28-29-30-31-33-35-37-39-41-43-45-47-49-56(61)67-54(53-66-58(57(62)63)64-51-50-59(3,4)5)52-65-55(60)48-46-44-42-40-38-36-34-32-23-21-19-17-15-13-11-9-7-2/h8-11,14-17,20-23,25-26,28-29,31,33-34,36,54,58H,6-7,12-13,18-19,24,27,30,32,35,37-53H2,1-5H3/b10-8-,11-9-,16-14-,17-15-,22-20-,23-21-,26-25-,29-28-,33-31-,36-34-. The Hall–Kier alpha value is -4.31. The van der Waals surface area contributed by atoms with Crippen molar-refractivity contribution < 1.29 is 42.9 Å². The lowest BCUT2D eigenvalue weighted by molar-refractivity contribution is -0.870. The van der Waals surface area contributed by atoms with Crippen molar-refractivity contribution in [1.29, 1.82) is 0 Å². The highest BCUT2D eigenvalue weighted by Crippen LogP contribution is 2.12. The van der Waals surface area contributed by atoms with Crippen molar-refractivity contribution in [1.82, 2.24) is 0 Å². The number of likely N-dealkylation sites (N-methyl/N-ethyl adjacent to an activating group) is 1. The molecule has 378 valence electrons. The molecule has 2 unspecified atom stereocenters. The molecule has 67 heavy (non-hydrogen) atoms. The number of nitrogens with zero attached hydrogens (tertiary/aromatic N) is 1. The lowest BCUT2D eigenvalue weighted by Crippen LogP contribution is -2.44. The third kappa shape index (κ3) is 49.4. The summed E-state index contributed by atoms with van der Waals surface area (Å²) < 4.78 is 22.6. The summed E-state index contributed by atoms with van der Waals surface area (Å²) in [5.74, 6) is -2.36. The molecule has 0 aliphatic heterocycles. The van der Waals surface area contributed by atoms with Crippen LogP contribution in [-0.2, 0) is 33.3 Å². The second-order valence-electron chi connectivity index (χ2n) is 17.7. The van der Waals surface area contributed by atoms with Gasteiger partial charge in [0.1, 0.15) is 13.2 Å². The number of carbonyl (C=O) groups excluding carboxylic acids is 3. The Morgan fingerprint density at radius 1 is 0.448 bits per heavy atom. The Morgan fingerprint density at radius 2 is 0.806 bits per heavy atom. The number of aliphatic carboxylic acids is 1. The van der Waals surface area contributed by atoms with E-state index in [9.17, 15) is 19.5 Å². The Bertz CT molecular complexity index is 1510. The first-order valence-electron chi connectivity index (χ1n) is 25.7. The van der Waals surface area contributed by atoms with Gasteiger partial charge in [0.25, 0.3) is 0 Å². The highest BCUT2D eigenvalue weighted by atomic mass is 16.7. The molecule has 0 saturated heterocycles. The van der Waals surface area contributed by atoms with Gasteiger partial charge in [-0.3, -0.25) is 9.59 Å².